The first-order valence-electron chi connectivity index (χ1n) is 7.85. The Bertz CT molecular complexity index is 724. The smallest absolute Gasteiger partial charge is 0.253 e. The van der Waals surface area contributed by atoms with Gasteiger partial charge < -0.3 is 15.1 Å². The highest BCUT2D eigenvalue weighted by molar-refractivity contribution is 5.95. The summed E-state index contributed by atoms with van der Waals surface area (Å²) in [6, 6.07) is 12.9. The molecule has 0 spiro atoms. The first-order valence-corrected chi connectivity index (χ1v) is 7.85. The van der Waals surface area contributed by atoms with Crippen LogP contribution >= 0.6 is 0 Å². The van der Waals surface area contributed by atoms with Gasteiger partial charge in [0.15, 0.2) is 0 Å². The van der Waals surface area contributed by atoms with Crippen LogP contribution in [0.3, 0.4) is 0 Å². The zero-order chi connectivity index (χ0) is 17.1. The monoisotopic (exact) mass is 324 g/mol. The number of carbonyl (C=O) groups is 2. The molecule has 0 atom stereocenters. The minimum atomic E-state index is -0.129. The number of nitrogens with one attached hydrogen (secondary N) is 1. The Kier molecular flexibility index (Phi) is 4.46. The second kappa shape index (κ2) is 6.70. The Labute approximate surface area is 141 Å². The van der Waals surface area contributed by atoms with Gasteiger partial charge in [-0.05, 0) is 36.4 Å². The van der Waals surface area contributed by atoms with Gasteiger partial charge >= 0.3 is 0 Å². The molecule has 1 aliphatic heterocycles. The molecule has 2 aromatic rings. The molecule has 2 heterocycles. The van der Waals surface area contributed by atoms with Crippen LogP contribution < -0.4 is 10.2 Å². The lowest BCUT2D eigenvalue weighted by molar-refractivity contribution is -0.114. The molecule has 2 amide bonds. The topological polar surface area (TPSA) is 65.5 Å². The summed E-state index contributed by atoms with van der Waals surface area (Å²) in [5.74, 6) is 0.791. The normalized spacial score (nSPS) is 14.0. The van der Waals surface area contributed by atoms with Gasteiger partial charge in [0.2, 0.25) is 5.91 Å². The molecule has 0 aliphatic carbocycles. The maximum atomic E-state index is 12.6. The van der Waals surface area contributed by atoms with Crippen molar-refractivity contribution in [1.82, 2.24) is 9.88 Å². The lowest BCUT2D eigenvalue weighted by Crippen LogP contribution is -2.60. The summed E-state index contributed by atoms with van der Waals surface area (Å²) in [5, 5.41) is 2.69. The van der Waals surface area contributed by atoms with Crippen LogP contribution in [-0.4, -0.2) is 47.9 Å². The number of carbonyl (C=O) groups excluding carboxylic acids is 2. The van der Waals surface area contributed by atoms with Gasteiger partial charge in [0.1, 0.15) is 5.82 Å². The van der Waals surface area contributed by atoms with Crippen molar-refractivity contribution in [2.45, 2.75) is 13.0 Å². The van der Waals surface area contributed by atoms with Crippen LogP contribution in [0.15, 0.2) is 48.7 Å². The molecule has 124 valence electrons. The molecule has 0 bridgehead atoms. The van der Waals surface area contributed by atoms with Crippen molar-refractivity contribution in [2.24, 2.45) is 0 Å². The summed E-state index contributed by atoms with van der Waals surface area (Å²) < 4.78 is 0. The number of aromatic nitrogens is 1. The van der Waals surface area contributed by atoms with Gasteiger partial charge in [-0.25, -0.2) is 4.98 Å². The molecule has 1 aromatic heterocycles. The van der Waals surface area contributed by atoms with E-state index in [0.717, 1.165) is 18.9 Å². The summed E-state index contributed by atoms with van der Waals surface area (Å²) >= 11 is 0. The van der Waals surface area contributed by atoms with Crippen molar-refractivity contribution >= 4 is 23.3 Å². The number of amides is 2. The van der Waals surface area contributed by atoms with Crippen LogP contribution in [0.25, 0.3) is 0 Å². The molecule has 0 unspecified atom stereocenters. The molecule has 24 heavy (non-hydrogen) atoms. The van der Waals surface area contributed by atoms with E-state index in [4.69, 9.17) is 0 Å². The summed E-state index contributed by atoms with van der Waals surface area (Å²) in [4.78, 5) is 31.8. The molecule has 1 N–H and O–H groups in total. The van der Waals surface area contributed by atoms with Gasteiger partial charge in [0.25, 0.3) is 5.91 Å². The predicted octanol–water partition coefficient (Wildman–Crippen LogP) is 2.00. The van der Waals surface area contributed by atoms with E-state index in [2.05, 4.69) is 15.2 Å². The number of hydrogen-bond donors (Lipinski definition) is 1. The van der Waals surface area contributed by atoms with E-state index in [1.807, 2.05) is 25.2 Å². The fraction of sp³-hybridized carbons (Fsp3) is 0.278. The van der Waals surface area contributed by atoms with E-state index < -0.39 is 0 Å². The number of rotatable bonds is 4. The van der Waals surface area contributed by atoms with Crippen LogP contribution in [0.1, 0.15) is 17.3 Å². The summed E-state index contributed by atoms with van der Waals surface area (Å²) in [7, 11) is 1.82. The minimum absolute atomic E-state index is 0.0185. The highest BCUT2D eigenvalue weighted by Crippen LogP contribution is 2.22. The van der Waals surface area contributed by atoms with Crippen molar-refractivity contribution in [2.75, 3.05) is 30.4 Å². The van der Waals surface area contributed by atoms with E-state index in [9.17, 15) is 9.59 Å². The molecular formula is C18H20N4O2. The maximum absolute atomic E-state index is 12.6. The summed E-state index contributed by atoms with van der Waals surface area (Å²) in [5.41, 5.74) is 1.30. The summed E-state index contributed by atoms with van der Waals surface area (Å²) in [6.07, 6.45) is 1.77. The van der Waals surface area contributed by atoms with Crippen molar-refractivity contribution < 1.29 is 9.59 Å². The Hall–Kier alpha value is -2.89. The van der Waals surface area contributed by atoms with Gasteiger partial charge in [0, 0.05) is 44.5 Å². The van der Waals surface area contributed by atoms with Crippen LogP contribution in [0.2, 0.25) is 0 Å². The van der Waals surface area contributed by atoms with Crippen molar-refractivity contribution in [3.8, 4) is 0 Å². The highest BCUT2D eigenvalue weighted by atomic mass is 16.2. The van der Waals surface area contributed by atoms with Crippen molar-refractivity contribution in [3.05, 3.63) is 54.2 Å². The van der Waals surface area contributed by atoms with Gasteiger partial charge in [0.05, 0.1) is 6.04 Å². The second-order valence-corrected chi connectivity index (χ2v) is 5.92. The van der Waals surface area contributed by atoms with Crippen molar-refractivity contribution in [3.63, 3.8) is 0 Å². The number of benzene rings is 1. The maximum Gasteiger partial charge on any atom is 0.253 e. The zero-order valence-electron chi connectivity index (χ0n) is 13.8. The van der Waals surface area contributed by atoms with Crippen LogP contribution in [0, 0.1) is 0 Å². The molecule has 0 saturated carbocycles. The molecular weight excluding hydrogens is 304 g/mol. The molecule has 1 saturated heterocycles. The number of hydrogen-bond acceptors (Lipinski definition) is 4. The molecule has 1 aliphatic rings. The molecule has 6 nitrogen and oxygen atoms in total. The third-order valence-electron chi connectivity index (χ3n) is 4.16. The quantitative estimate of drug-likeness (QED) is 0.934. The van der Waals surface area contributed by atoms with Gasteiger partial charge in [-0.2, -0.15) is 0 Å². The Morgan fingerprint density at radius 2 is 1.88 bits per heavy atom. The number of nitrogens with zero attached hydrogens (tertiary/aromatic N) is 3. The third kappa shape index (κ3) is 3.37. The fourth-order valence-electron chi connectivity index (χ4n) is 2.70. The zero-order valence-corrected chi connectivity index (χ0v) is 13.8. The first-order chi connectivity index (χ1) is 11.5. The predicted molar refractivity (Wildman–Crippen MR) is 93.1 cm³/mol. The molecule has 1 fully saturated rings. The number of likely N-dealkylation sites (N-methyl/N-ethyl adjacent to an activating group) is 1. The Morgan fingerprint density at radius 1 is 1.17 bits per heavy atom. The fourth-order valence-corrected chi connectivity index (χ4v) is 2.70. The molecule has 0 radical (unpaired) electrons. The number of pyridine rings is 1. The average molecular weight is 324 g/mol. The Balaban J connectivity index is 1.59. The van der Waals surface area contributed by atoms with E-state index in [1.54, 1.807) is 35.4 Å². The van der Waals surface area contributed by atoms with Crippen LogP contribution in [-0.2, 0) is 4.79 Å². The highest BCUT2D eigenvalue weighted by Gasteiger charge is 2.33. The number of anilines is 2. The van der Waals surface area contributed by atoms with E-state index in [0.29, 0.717) is 11.3 Å². The van der Waals surface area contributed by atoms with E-state index in [-0.39, 0.29) is 17.9 Å². The summed E-state index contributed by atoms with van der Waals surface area (Å²) in [6.45, 7) is 3.02. The largest absolute Gasteiger partial charge is 0.352 e. The van der Waals surface area contributed by atoms with Crippen LogP contribution in [0.5, 0.6) is 0 Å². The molecule has 1 aromatic carbocycles. The average Bonchev–Trinajstić information content (AvgIpc) is 2.54. The van der Waals surface area contributed by atoms with Gasteiger partial charge in [-0.3, -0.25) is 9.59 Å². The molecule has 3 rings (SSSR count). The Morgan fingerprint density at radius 3 is 2.46 bits per heavy atom. The SMILES string of the molecule is CC(=O)Nc1ccc(C(=O)N(C)C2CN(c3ccccn3)C2)cc1. The minimum Gasteiger partial charge on any atom is -0.352 e. The van der Waals surface area contributed by atoms with Gasteiger partial charge in [-0.15, -0.1) is 0 Å². The van der Waals surface area contributed by atoms with E-state index >= 15 is 0 Å². The lowest BCUT2D eigenvalue weighted by Gasteiger charge is -2.44. The van der Waals surface area contributed by atoms with Gasteiger partial charge in [-0.1, -0.05) is 6.07 Å². The van der Waals surface area contributed by atoms with Crippen molar-refractivity contribution in [1.29, 1.82) is 0 Å². The van der Waals surface area contributed by atoms with Crippen LogP contribution in [0.4, 0.5) is 11.5 Å². The second-order valence-electron chi connectivity index (χ2n) is 5.92. The standard InChI is InChI=1S/C18H20N4O2/c1-13(23)20-15-8-6-14(7-9-15)18(24)21(2)16-11-22(12-16)17-5-3-4-10-19-17/h3-10,16H,11-12H2,1-2H3,(H,20,23). The van der Waals surface area contributed by atoms with E-state index in [1.165, 1.54) is 6.92 Å². The first kappa shape index (κ1) is 16.0. The third-order valence-corrected chi connectivity index (χ3v) is 4.16. The molecule has 6 heteroatoms. The lowest BCUT2D eigenvalue weighted by atomic mass is 10.1.